The first-order valence-corrected chi connectivity index (χ1v) is 7.79. The molecule has 0 spiro atoms. The lowest BCUT2D eigenvalue weighted by molar-refractivity contribution is 0.0533. The number of nitrogens with zero attached hydrogens (tertiary/aromatic N) is 4. The van der Waals surface area contributed by atoms with Gasteiger partial charge in [-0.15, -0.1) is 0 Å². The molecule has 0 saturated carbocycles. The highest BCUT2D eigenvalue weighted by molar-refractivity contribution is 9.10. The zero-order valence-electron chi connectivity index (χ0n) is 11.2. The van der Waals surface area contributed by atoms with Crippen LogP contribution in [0.2, 0.25) is 5.15 Å². The van der Waals surface area contributed by atoms with Gasteiger partial charge in [0, 0.05) is 36.2 Å². The van der Waals surface area contributed by atoms with Gasteiger partial charge in [0.15, 0.2) is 5.15 Å². The van der Waals surface area contributed by atoms with Crippen LogP contribution in [-0.2, 0) is 6.54 Å². The van der Waals surface area contributed by atoms with Crippen molar-refractivity contribution < 1.29 is 4.74 Å². The van der Waals surface area contributed by atoms with Crippen LogP contribution >= 0.6 is 27.5 Å². The van der Waals surface area contributed by atoms with Gasteiger partial charge in [-0.05, 0) is 28.1 Å². The maximum absolute atomic E-state index is 5.76. The number of pyridine rings is 1. The van der Waals surface area contributed by atoms with E-state index in [4.69, 9.17) is 16.3 Å². The molecular weight excluding hydrogens is 356 g/mol. The minimum atomic E-state index is 0.351. The Morgan fingerprint density at radius 3 is 2.86 bits per heavy atom. The summed E-state index contributed by atoms with van der Waals surface area (Å²) in [6.45, 7) is 3.53. The first-order valence-electron chi connectivity index (χ1n) is 6.62. The lowest BCUT2D eigenvalue weighted by Crippen LogP contribution is -2.48. The van der Waals surface area contributed by atoms with Gasteiger partial charge in [-0.1, -0.05) is 11.6 Å². The highest BCUT2D eigenvalue weighted by Crippen LogP contribution is 2.20. The fourth-order valence-corrected chi connectivity index (χ4v) is 2.61. The minimum absolute atomic E-state index is 0.351. The fraction of sp³-hybridized carbons (Fsp3) is 0.357. The molecule has 110 valence electrons. The monoisotopic (exact) mass is 368 g/mol. The van der Waals surface area contributed by atoms with Gasteiger partial charge < -0.3 is 4.74 Å². The normalized spacial score (nSPS) is 15.7. The number of aromatic nitrogens is 3. The maximum Gasteiger partial charge on any atom is 0.233 e. The number of likely N-dealkylation sites (tertiary alicyclic amines) is 1. The van der Waals surface area contributed by atoms with E-state index in [9.17, 15) is 0 Å². The van der Waals surface area contributed by atoms with Crippen molar-refractivity contribution in [2.45, 2.75) is 6.54 Å². The van der Waals surface area contributed by atoms with Crippen molar-refractivity contribution in [2.75, 3.05) is 19.7 Å². The Hall–Kier alpha value is -1.24. The molecule has 2 aromatic heterocycles. The van der Waals surface area contributed by atoms with E-state index in [0.717, 1.165) is 29.8 Å². The van der Waals surface area contributed by atoms with E-state index < -0.39 is 0 Å². The average molecular weight is 370 g/mol. The molecule has 3 rings (SSSR count). The van der Waals surface area contributed by atoms with E-state index in [2.05, 4.69) is 35.8 Å². The molecule has 0 amide bonds. The van der Waals surface area contributed by atoms with Gasteiger partial charge in [0.1, 0.15) is 0 Å². The Morgan fingerprint density at radius 1 is 1.29 bits per heavy atom. The fourth-order valence-electron chi connectivity index (χ4n) is 2.24. The summed E-state index contributed by atoms with van der Waals surface area (Å²) in [5.41, 5.74) is 1.08. The second-order valence-electron chi connectivity index (χ2n) is 5.02. The van der Waals surface area contributed by atoms with Crippen LogP contribution < -0.4 is 4.74 Å². The summed E-state index contributed by atoms with van der Waals surface area (Å²) in [4.78, 5) is 14.7. The summed E-state index contributed by atoms with van der Waals surface area (Å²) in [5, 5.41) is 0.351. The van der Waals surface area contributed by atoms with Crippen LogP contribution in [0.1, 0.15) is 5.69 Å². The third-order valence-electron chi connectivity index (χ3n) is 3.26. The molecule has 1 saturated heterocycles. The number of hydrogen-bond acceptors (Lipinski definition) is 5. The lowest BCUT2D eigenvalue weighted by Gasteiger charge is -2.38. The molecule has 1 aliphatic heterocycles. The minimum Gasteiger partial charge on any atom is -0.476 e. The number of rotatable bonds is 5. The molecule has 0 unspecified atom stereocenters. The van der Waals surface area contributed by atoms with Crippen molar-refractivity contribution in [3.63, 3.8) is 0 Å². The van der Waals surface area contributed by atoms with Crippen molar-refractivity contribution in [1.29, 1.82) is 0 Å². The van der Waals surface area contributed by atoms with E-state index in [1.807, 2.05) is 18.3 Å². The number of halogens is 2. The van der Waals surface area contributed by atoms with Gasteiger partial charge in [-0.25, -0.2) is 0 Å². The summed E-state index contributed by atoms with van der Waals surface area (Å²) in [6, 6.07) is 4.05. The quantitative estimate of drug-likeness (QED) is 0.811. The van der Waals surface area contributed by atoms with E-state index in [-0.39, 0.29) is 0 Å². The third-order valence-corrected chi connectivity index (χ3v) is 3.91. The molecule has 0 bridgehead atoms. The Balaban J connectivity index is 1.41. The predicted molar refractivity (Wildman–Crippen MR) is 83.2 cm³/mol. The van der Waals surface area contributed by atoms with Crippen LogP contribution in [0.5, 0.6) is 5.88 Å². The summed E-state index contributed by atoms with van der Waals surface area (Å²) < 4.78 is 6.60. The van der Waals surface area contributed by atoms with Crippen LogP contribution in [0.25, 0.3) is 0 Å². The molecule has 0 atom stereocenters. The van der Waals surface area contributed by atoms with Crippen LogP contribution in [0, 0.1) is 5.92 Å². The SMILES string of the molecule is Clc1cncc(OCC2CN(Cc3ccc(Br)cn3)C2)n1. The first-order chi connectivity index (χ1) is 10.2. The van der Waals surface area contributed by atoms with Crippen LogP contribution in [0.15, 0.2) is 35.2 Å². The Bertz CT molecular complexity index is 604. The molecule has 0 N–H and O–H groups in total. The maximum atomic E-state index is 5.76. The molecule has 2 aromatic rings. The van der Waals surface area contributed by atoms with Gasteiger partial charge in [0.2, 0.25) is 5.88 Å². The summed E-state index contributed by atoms with van der Waals surface area (Å²) >= 11 is 9.15. The molecule has 7 heteroatoms. The van der Waals surface area contributed by atoms with Crippen molar-refractivity contribution in [3.8, 4) is 5.88 Å². The lowest BCUT2D eigenvalue weighted by atomic mass is 10.0. The van der Waals surface area contributed by atoms with Gasteiger partial charge in [-0.2, -0.15) is 4.98 Å². The van der Waals surface area contributed by atoms with E-state index >= 15 is 0 Å². The third kappa shape index (κ3) is 4.12. The van der Waals surface area contributed by atoms with Gasteiger partial charge >= 0.3 is 0 Å². The van der Waals surface area contributed by atoms with Crippen molar-refractivity contribution in [3.05, 3.63) is 46.0 Å². The van der Waals surface area contributed by atoms with Crippen molar-refractivity contribution in [1.82, 2.24) is 19.9 Å². The van der Waals surface area contributed by atoms with Crippen molar-refractivity contribution >= 4 is 27.5 Å². The highest BCUT2D eigenvalue weighted by Gasteiger charge is 2.27. The molecule has 1 fully saturated rings. The molecule has 21 heavy (non-hydrogen) atoms. The molecular formula is C14H14BrClN4O. The first kappa shape index (κ1) is 14.7. The second kappa shape index (κ2) is 6.68. The molecule has 0 aliphatic carbocycles. The molecule has 0 radical (unpaired) electrons. The molecule has 5 nitrogen and oxygen atoms in total. The van der Waals surface area contributed by atoms with Crippen LogP contribution in [0.4, 0.5) is 0 Å². The summed E-state index contributed by atoms with van der Waals surface area (Å²) in [6.07, 6.45) is 4.90. The average Bonchev–Trinajstić information content (AvgIpc) is 2.43. The predicted octanol–water partition coefficient (Wildman–Crippen LogP) is 2.80. The number of ether oxygens (including phenoxy) is 1. The summed E-state index contributed by atoms with van der Waals surface area (Å²) in [7, 11) is 0. The zero-order chi connectivity index (χ0) is 14.7. The van der Waals surface area contributed by atoms with E-state index in [1.165, 1.54) is 6.20 Å². The van der Waals surface area contributed by atoms with Crippen LogP contribution in [0.3, 0.4) is 0 Å². The zero-order valence-corrected chi connectivity index (χ0v) is 13.6. The Kier molecular flexibility index (Phi) is 4.67. The van der Waals surface area contributed by atoms with Gasteiger partial charge in [0.25, 0.3) is 0 Å². The summed E-state index contributed by atoms with van der Waals surface area (Å²) in [5.74, 6) is 0.997. The highest BCUT2D eigenvalue weighted by atomic mass is 79.9. The van der Waals surface area contributed by atoms with Gasteiger partial charge in [-0.3, -0.25) is 14.9 Å². The van der Waals surface area contributed by atoms with Crippen LogP contribution in [-0.4, -0.2) is 39.5 Å². The molecule has 0 aromatic carbocycles. The molecule has 3 heterocycles. The van der Waals surface area contributed by atoms with Crippen molar-refractivity contribution in [2.24, 2.45) is 5.92 Å². The number of hydrogen-bond donors (Lipinski definition) is 0. The smallest absolute Gasteiger partial charge is 0.233 e. The second-order valence-corrected chi connectivity index (χ2v) is 6.32. The van der Waals surface area contributed by atoms with Gasteiger partial charge in [0.05, 0.1) is 24.7 Å². The Labute approximate surface area is 136 Å². The largest absolute Gasteiger partial charge is 0.476 e. The topological polar surface area (TPSA) is 51.1 Å². The van der Waals surface area contributed by atoms with E-state index in [1.54, 1.807) is 6.20 Å². The Morgan fingerprint density at radius 2 is 2.14 bits per heavy atom. The standard InChI is InChI=1S/C14H14BrClN4O/c15-11-1-2-12(18-3-11)8-20-6-10(7-20)9-21-14-5-17-4-13(16)19-14/h1-5,10H,6-9H2. The molecule has 1 aliphatic rings. The van der Waals surface area contributed by atoms with E-state index in [0.29, 0.717) is 23.6 Å².